The molecule has 2 N–H and O–H groups in total. The number of oxazole rings is 1. The van der Waals surface area contributed by atoms with Gasteiger partial charge in [0.25, 0.3) is 10.0 Å². The lowest BCUT2D eigenvalue weighted by Crippen LogP contribution is -2.36. The molecule has 0 unspecified atom stereocenters. The Labute approximate surface area is 170 Å². The van der Waals surface area contributed by atoms with Crippen LogP contribution in [-0.2, 0) is 27.8 Å². The van der Waals surface area contributed by atoms with Gasteiger partial charge in [-0.3, -0.25) is 14.5 Å². The van der Waals surface area contributed by atoms with Gasteiger partial charge < -0.3 is 9.32 Å². The molecule has 3 heterocycles. The van der Waals surface area contributed by atoms with Crippen LogP contribution in [0.2, 0.25) is 0 Å². The summed E-state index contributed by atoms with van der Waals surface area (Å²) in [6, 6.07) is 4.14. The number of nitrogens with zero attached hydrogens (tertiary/aromatic N) is 2. The molecule has 1 aliphatic rings. The number of sulfonamides is 1. The average molecular weight is 437 g/mol. The number of aromatic nitrogens is 2. The Hall–Kier alpha value is -2.66. The fourth-order valence-corrected chi connectivity index (χ4v) is 5.47. The highest BCUT2D eigenvalue weighted by atomic mass is 32.2. The maximum Gasteiger partial charge on any atom is 0.417 e. The molecule has 0 fully saturated rings. The van der Waals surface area contributed by atoms with Crippen molar-refractivity contribution >= 4 is 43.5 Å². The third kappa shape index (κ3) is 4.06. The molecular weight excluding hydrogens is 416 g/mol. The second-order valence-electron chi connectivity index (χ2n) is 7.33. The largest absolute Gasteiger partial charge is 0.417 e. The van der Waals surface area contributed by atoms with E-state index in [0.717, 1.165) is 10.6 Å². The van der Waals surface area contributed by atoms with Crippen LogP contribution in [0.3, 0.4) is 0 Å². The summed E-state index contributed by atoms with van der Waals surface area (Å²) in [5.74, 6) is -0.260. The summed E-state index contributed by atoms with van der Waals surface area (Å²) >= 11 is 1.23. The monoisotopic (exact) mass is 436 g/mol. The van der Waals surface area contributed by atoms with Gasteiger partial charge in [0.2, 0.25) is 5.91 Å². The molecule has 0 atom stereocenters. The molecule has 0 aliphatic carbocycles. The lowest BCUT2D eigenvalue weighted by molar-refractivity contribution is -0.132. The summed E-state index contributed by atoms with van der Waals surface area (Å²) in [6.45, 7) is 5.03. The van der Waals surface area contributed by atoms with Crippen LogP contribution in [0.1, 0.15) is 30.8 Å². The highest BCUT2D eigenvalue weighted by molar-refractivity contribution is 7.93. The first kappa shape index (κ1) is 19.6. The van der Waals surface area contributed by atoms with Crippen LogP contribution in [0.15, 0.2) is 32.3 Å². The van der Waals surface area contributed by atoms with Crippen LogP contribution >= 0.6 is 11.3 Å². The zero-order valence-corrected chi connectivity index (χ0v) is 17.5. The van der Waals surface area contributed by atoms with E-state index in [4.69, 9.17) is 4.42 Å². The number of rotatable bonds is 5. The van der Waals surface area contributed by atoms with Crippen LogP contribution < -0.4 is 10.5 Å². The van der Waals surface area contributed by atoms with Gasteiger partial charge in [-0.25, -0.2) is 18.2 Å². The van der Waals surface area contributed by atoms with E-state index in [1.54, 1.807) is 4.90 Å². The van der Waals surface area contributed by atoms with Gasteiger partial charge in [0.05, 0.1) is 22.7 Å². The number of nitrogens with one attached hydrogen (secondary N) is 2. The van der Waals surface area contributed by atoms with Gasteiger partial charge in [-0.15, -0.1) is 0 Å². The average Bonchev–Trinajstić information content (AvgIpc) is 3.20. The Kier molecular flexibility index (Phi) is 4.95. The maximum absolute atomic E-state index is 12.7. The predicted octanol–water partition coefficient (Wildman–Crippen LogP) is 2.31. The summed E-state index contributed by atoms with van der Waals surface area (Å²) in [7, 11) is -3.90. The number of carbonyl (C=O) groups is 1. The Balaban J connectivity index is 1.53. The summed E-state index contributed by atoms with van der Waals surface area (Å²) in [6.07, 6.45) is 1.09. The van der Waals surface area contributed by atoms with E-state index in [1.165, 1.54) is 29.5 Å². The van der Waals surface area contributed by atoms with E-state index in [-0.39, 0.29) is 27.4 Å². The van der Waals surface area contributed by atoms with Gasteiger partial charge in [0.15, 0.2) is 10.7 Å². The van der Waals surface area contributed by atoms with E-state index in [9.17, 15) is 18.0 Å². The third-order valence-electron chi connectivity index (χ3n) is 4.59. The number of amides is 1. The summed E-state index contributed by atoms with van der Waals surface area (Å²) < 4.78 is 32.9. The third-order valence-corrected chi connectivity index (χ3v) is 7.05. The molecular formula is C18H20N4O5S2. The zero-order valence-electron chi connectivity index (χ0n) is 15.9. The molecule has 1 aliphatic heterocycles. The van der Waals surface area contributed by atoms with E-state index < -0.39 is 15.8 Å². The molecule has 0 radical (unpaired) electrons. The van der Waals surface area contributed by atoms with E-state index in [1.807, 2.05) is 13.8 Å². The van der Waals surface area contributed by atoms with Crippen molar-refractivity contribution in [2.45, 2.75) is 38.1 Å². The predicted molar refractivity (Wildman–Crippen MR) is 108 cm³/mol. The minimum absolute atomic E-state index is 0.0327. The van der Waals surface area contributed by atoms with Gasteiger partial charge in [-0.1, -0.05) is 25.2 Å². The first-order valence-corrected chi connectivity index (χ1v) is 11.4. The molecule has 0 bridgehead atoms. The van der Waals surface area contributed by atoms with Crippen molar-refractivity contribution < 1.29 is 17.6 Å². The van der Waals surface area contributed by atoms with E-state index >= 15 is 0 Å². The molecule has 1 amide bonds. The Bertz CT molecular complexity index is 1240. The summed E-state index contributed by atoms with van der Waals surface area (Å²) in [5, 5.41) is 0.253. The molecule has 0 saturated carbocycles. The van der Waals surface area contributed by atoms with E-state index in [2.05, 4.69) is 14.7 Å². The highest BCUT2D eigenvalue weighted by Crippen LogP contribution is 2.30. The number of hydrogen-bond acceptors (Lipinski definition) is 7. The van der Waals surface area contributed by atoms with Gasteiger partial charge in [0, 0.05) is 30.3 Å². The number of anilines is 1. The molecule has 0 spiro atoms. The van der Waals surface area contributed by atoms with Crippen molar-refractivity contribution in [1.29, 1.82) is 0 Å². The van der Waals surface area contributed by atoms with Crippen molar-refractivity contribution in [3.05, 3.63) is 39.3 Å². The lowest BCUT2D eigenvalue weighted by atomic mass is 10.1. The van der Waals surface area contributed by atoms with Crippen molar-refractivity contribution in [2.24, 2.45) is 5.92 Å². The fraction of sp³-hybridized carbons (Fsp3) is 0.389. The van der Waals surface area contributed by atoms with Crippen LogP contribution in [0.5, 0.6) is 0 Å². The molecule has 154 valence electrons. The molecule has 11 heteroatoms. The second-order valence-corrected chi connectivity index (χ2v) is 10.1. The maximum atomic E-state index is 12.7. The Morgan fingerprint density at radius 3 is 2.97 bits per heavy atom. The molecule has 9 nitrogen and oxygen atoms in total. The summed E-state index contributed by atoms with van der Waals surface area (Å²) in [5.41, 5.74) is 1.40. The van der Waals surface area contributed by atoms with E-state index in [0.29, 0.717) is 31.4 Å². The van der Waals surface area contributed by atoms with Crippen LogP contribution in [-0.4, -0.2) is 35.7 Å². The van der Waals surface area contributed by atoms with Gasteiger partial charge in [-0.05, 0) is 18.1 Å². The SMILES string of the molecule is CC(C)CC(=O)N1CCc2nc(NS(=O)(=O)c3ccc4[nH]c(=O)oc4c3)sc2C1. The first-order valence-electron chi connectivity index (χ1n) is 9.13. The second kappa shape index (κ2) is 7.30. The van der Waals surface area contributed by atoms with Crippen LogP contribution in [0.25, 0.3) is 11.1 Å². The number of thiazole rings is 1. The van der Waals surface area contributed by atoms with Crippen LogP contribution in [0, 0.1) is 5.92 Å². The normalized spacial score (nSPS) is 14.4. The number of H-pyrrole nitrogens is 1. The molecule has 29 heavy (non-hydrogen) atoms. The molecule has 4 rings (SSSR count). The minimum atomic E-state index is -3.90. The van der Waals surface area contributed by atoms with Crippen LogP contribution in [0.4, 0.5) is 5.13 Å². The molecule has 0 saturated heterocycles. The topological polar surface area (TPSA) is 125 Å². The van der Waals surface area contributed by atoms with Crippen molar-refractivity contribution in [1.82, 2.24) is 14.9 Å². The number of benzene rings is 1. The Morgan fingerprint density at radius 1 is 1.41 bits per heavy atom. The molecule has 3 aromatic rings. The first-order chi connectivity index (χ1) is 13.7. The van der Waals surface area contributed by atoms with Gasteiger partial charge in [0.1, 0.15) is 0 Å². The fourth-order valence-electron chi connectivity index (χ4n) is 3.20. The Morgan fingerprint density at radius 2 is 2.21 bits per heavy atom. The minimum Gasteiger partial charge on any atom is -0.408 e. The van der Waals surface area contributed by atoms with Crippen molar-refractivity contribution in [3.63, 3.8) is 0 Å². The summed E-state index contributed by atoms with van der Waals surface area (Å²) in [4.78, 5) is 33.1. The van der Waals surface area contributed by atoms with Crippen molar-refractivity contribution in [3.8, 4) is 0 Å². The number of fused-ring (bicyclic) bond motifs is 2. The quantitative estimate of drug-likeness (QED) is 0.632. The zero-order chi connectivity index (χ0) is 20.8. The molecule has 2 aromatic heterocycles. The molecule has 1 aromatic carbocycles. The van der Waals surface area contributed by atoms with Gasteiger partial charge >= 0.3 is 5.76 Å². The lowest BCUT2D eigenvalue weighted by Gasteiger charge is -2.26. The smallest absolute Gasteiger partial charge is 0.408 e. The number of aromatic amines is 1. The number of carbonyl (C=O) groups excluding carboxylic acids is 1. The highest BCUT2D eigenvalue weighted by Gasteiger charge is 2.26. The number of hydrogen-bond donors (Lipinski definition) is 2. The van der Waals surface area contributed by atoms with Gasteiger partial charge in [-0.2, -0.15) is 0 Å². The van der Waals surface area contributed by atoms with Crippen molar-refractivity contribution in [2.75, 3.05) is 11.3 Å². The standard InChI is InChI=1S/C18H20N4O5S2/c1-10(2)7-16(23)22-6-5-13-15(9-22)28-17(19-13)21-29(25,26)11-3-4-12-14(8-11)27-18(24)20-12/h3-4,8,10H,5-7,9H2,1-2H3,(H,19,21)(H,20,24).